The number of halogens is 1. The molecule has 2 heterocycles. The van der Waals surface area contributed by atoms with Gasteiger partial charge in [-0.1, -0.05) is 11.6 Å². The molecule has 1 fully saturated rings. The van der Waals surface area contributed by atoms with Gasteiger partial charge in [0.2, 0.25) is 0 Å². The van der Waals surface area contributed by atoms with Gasteiger partial charge in [-0.05, 0) is 12.8 Å². The van der Waals surface area contributed by atoms with Crippen LogP contribution in [-0.4, -0.2) is 20.4 Å². The summed E-state index contributed by atoms with van der Waals surface area (Å²) in [7, 11) is 0. The highest BCUT2D eigenvalue weighted by Gasteiger charge is 2.22. The molecule has 3 rings (SSSR count). The van der Waals surface area contributed by atoms with E-state index in [4.69, 9.17) is 11.6 Å². The van der Waals surface area contributed by atoms with Gasteiger partial charge >= 0.3 is 0 Å². The molecule has 0 aliphatic heterocycles. The summed E-state index contributed by atoms with van der Waals surface area (Å²) in [5.74, 6) is 0.782. The summed E-state index contributed by atoms with van der Waals surface area (Å²) in [6.45, 7) is 0. The molecule has 0 amide bonds. The normalized spacial score (nSPS) is 16.1. The molecule has 1 aliphatic rings. The quantitative estimate of drug-likeness (QED) is 0.821. The zero-order valence-electron chi connectivity index (χ0n) is 7.44. The highest BCUT2D eigenvalue weighted by molar-refractivity contribution is 6.29. The number of aromatic nitrogens is 3. The Hall–Kier alpha value is -1.29. The van der Waals surface area contributed by atoms with E-state index >= 15 is 0 Å². The second-order valence-electron chi connectivity index (χ2n) is 3.49. The van der Waals surface area contributed by atoms with Crippen molar-refractivity contribution in [2.45, 2.75) is 18.9 Å². The molecule has 0 aromatic carbocycles. The molecule has 0 atom stereocenters. The highest BCUT2D eigenvalue weighted by Crippen LogP contribution is 2.26. The minimum absolute atomic E-state index is 0.485. The molecular formula is C9H9ClN4. The second-order valence-corrected chi connectivity index (χ2v) is 3.88. The number of hydrogen-bond donors (Lipinski definition) is 1. The number of fused-ring (bicyclic) bond motifs is 1. The standard InChI is InChI=1S/C9H9ClN4/c10-7-5-14-4-3-11-9(14)8(13-7)12-6-1-2-6/h3-6H,1-2H2,(H,12,13). The molecule has 0 spiro atoms. The Balaban J connectivity index is 2.13. The van der Waals surface area contributed by atoms with Gasteiger partial charge in [0.15, 0.2) is 11.5 Å². The van der Waals surface area contributed by atoms with Crippen molar-refractivity contribution in [2.75, 3.05) is 5.32 Å². The van der Waals surface area contributed by atoms with Gasteiger partial charge in [-0.25, -0.2) is 9.97 Å². The largest absolute Gasteiger partial charge is 0.364 e. The number of nitrogens with zero attached hydrogens (tertiary/aromatic N) is 3. The SMILES string of the molecule is Clc1cn2ccnc2c(NC2CC2)n1. The Morgan fingerprint density at radius 1 is 1.50 bits per heavy atom. The monoisotopic (exact) mass is 208 g/mol. The first kappa shape index (κ1) is 8.05. The van der Waals surface area contributed by atoms with Crippen LogP contribution in [-0.2, 0) is 0 Å². The summed E-state index contributed by atoms with van der Waals surface area (Å²) < 4.78 is 1.88. The second kappa shape index (κ2) is 2.85. The Morgan fingerprint density at radius 2 is 2.36 bits per heavy atom. The minimum Gasteiger partial charge on any atom is -0.364 e. The molecule has 14 heavy (non-hydrogen) atoms. The fourth-order valence-electron chi connectivity index (χ4n) is 1.42. The van der Waals surface area contributed by atoms with Gasteiger partial charge in [0.1, 0.15) is 5.15 Å². The molecule has 0 bridgehead atoms. The molecule has 1 aliphatic carbocycles. The lowest BCUT2D eigenvalue weighted by Gasteiger charge is -2.05. The highest BCUT2D eigenvalue weighted by atomic mass is 35.5. The van der Waals surface area contributed by atoms with Crippen molar-refractivity contribution in [3.05, 3.63) is 23.7 Å². The molecule has 1 N–H and O–H groups in total. The molecule has 5 heteroatoms. The van der Waals surface area contributed by atoms with Crippen LogP contribution < -0.4 is 5.32 Å². The van der Waals surface area contributed by atoms with E-state index in [-0.39, 0.29) is 0 Å². The van der Waals surface area contributed by atoms with E-state index in [9.17, 15) is 0 Å². The molecule has 0 unspecified atom stereocenters. The van der Waals surface area contributed by atoms with Crippen molar-refractivity contribution in [1.29, 1.82) is 0 Å². The van der Waals surface area contributed by atoms with Crippen LogP contribution in [0.3, 0.4) is 0 Å². The van der Waals surface area contributed by atoms with E-state index in [2.05, 4.69) is 15.3 Å². The van der Waals surface area contributed by atoms with Crippen molar-refractivity contribution in [3.8, 4) is 0 Å². The van der Waals surface area contributed by atoms with E-state index in [1.807, 2.05) is 10.6 Å². The predicted octanol–water partition coefficient (Wildman–Crippen LogP) is 1.96. The zero-order valence-corrected chi connectivity index (χ0v) is 8.20. The maximum absolute atomic E-state index is 5.88. The van der Waals surface area contributed by atoms with Gasteiger partial charge in [0.25, 0.3) is 0 Å². The molecule has 0 radical (unpaired) electrons. The number of imidazole rings is 1. The van der Waals surface area contributed by atoms with Crippen molar-refractivity contribution < 1.29 is 0 Å². The van der Waals surface area contributed by atoms with E-state index < -0.39 is 0 Å². The zero-order chi connectivity index (χ0) is 9.54. The van der Waals surface area contributed by atoms with Crippen LogP contribution in [0.1, 0.15) is 12.8 Å². The maximum atomic E-state index is 5.88. The molecule has 4 nitrogen and oxygen atoms in total. The van der Waals surface area contributed by atoms with Crippen LogP contribution in [0.2, 0.25) is 5.15 Å². The Kier molecular flexibility index (Phi) is 1.64. The topological polar surface area (TPSA) is 42.2 Å². The predicted molar refractivity (Wildman–Crippen MR) is 54.6 cm³/mol. The van der Waals surface area contributed by atoms with Crippen molar-refractivity contribution in [2.24, 2.45) is 0 Å². The summed E-state index contributed by atoms with van der Waals surface area (Å²) in [5.41, 5.74) is 0.835. The average molecular weight is 209 g/mol. The van der Waals surface area contributed by atoms with Crippen molar-refractivity contribution in [3.63, 3.8) is 0 Å². The Bertz CT molecular complexity index is 475. The molecule has 2 aromatic heterocycles. The van der Waals surface area contributed by atoms with Crippen LogP contribution >= 0.6 is 11.6 Å². The van der Waals surface area contributed by atoms with Crippen molar-refractivity contribution >= 4 is 23.1 Å². The summed E-state index contributed by atoms with van der Waals surface area (Å²) in [6.07, 6.45) is 7.77. The Morgan fingerprint density at radius 3 is 3.14 bits per heavy atom. The summed E-state index contributed by atoms with van der Waals surface area (Å²) in [6, 6.07) is 0.557. The fraction of sp³-hybridized carbons (Fsp3) is 0.333. The fourth-order valence-corrected chi connectivity index (χ4v) is 1.61. The third-order valence-electron chi connectivity index (χ3n) is 2.26. The van der Waals surface area contributed by atoms with E-state index in [1.54, 1.807) is 12.4 Å². The summed E-state index contributed by atoms with van der Waals surface area (Å²) in [5, 5.41) is 3.79. The maximum Gasteiger partial charge on any atom is 0.180 e. The van der Waals surface area contributed by atoms with Crippen molar-refractivity contribution in [1.82, 2.24) is 14.4 Å². The van der Waals surface area contributed by atoms with E-state index in [0.29, 0.717) is 11.2 Å². The first-order valence-electron chi connectivity index (χ1n) is 4.59. The number of anilines is 1. The van der Waals surface area contributed by atoms with Crippen LogP contribution in [0, 0.1) is 0 Å². The number of rotatable bonds is 2. The number of hydrogen-bond acceptors (Lipinski definition) is 3. The number of nitrogens with one attached hydrogen (secondary N) is 1. The first-order chi connectivity index (χ1) is 6.83. The van der Waals surface area contributed by atoms with Gasteiger partial charge in [0.05, 0.1) is 0 Å². The third kappa shape index (κ3) is 1.32. The van der Waals surface area contributed by atoms with Gasteiger partial charge in [-0.2, -0.15) is 0 Å². The smallest absolute Gasteiger partial charge is 0.180 e. The average Bonchev–Trinajstić information content (AvgIpc) is 2.81. The molecular weight excluding hydrogens is 200 g/mol. The lowest BCUT2D eigenvalue weighted by molar-refractivity contribution is 1.07. The molecule has 72 valence electrons. The first-order valence-corrected chi connectivity index (χ1v) is 4.96. The lowest BCUT2D eigenvalue weighted by atomic mass is 10.5. The molecule has 0 saturated heterocycles. The third-order valence-corrected chi connectivity index (χ3v) is 2.44. The Labute approximate surface area is 85.9 Å². The van der Waals surface area contributed by atoms with Gasteiger partial charge < -0.3 is 9.72 Å². The van der Waals surface area contributed by atoms with Crippen LogP contribution in [0.4, 0.5) is 5.82 Å². The van der Waals surface area contributed by atoms with E-state index in [1.165, 1.54) is 12.8 Å². The van der Waals surface area contributed by atoms with Gasteiger partial charge in [-0.15, -0.1) is 0 Å². The van der Waals surface area contributed by atoms with Crippen LogP contribution in [0.15, 0.2) is 18.6 Å². The van der Waals surface area contributed by atoms with Crippen LogP contribution in [0.5, 0.6) is 0 Å². The summed E-state index contributed by atoms with van der Waals surface area (Å²) in [4.78, 5) is 8.44. The minimum atomic E-state index is 0.485. The molecule has 1 saturated carbocycles. The van der Waals surface area contributed by atoms with Crippen LogP contribution in [0.25, 0.3) is 5.65 Å². The summed E-state index contributed by atoms with van der Waals surface area (Å²) >= 11 is 5.88. The molecule has 2 aromatic rings. The lowest BCUT2D eigenvalue weighted by Crippen LogP contribution is -2.05. The van der Waals surface area contributed by atoms with Gasteiger partial charge in [0, 0.05) is 24.6 Å². The van der Waals surface area contributed by atoms with E-state index in [0.717, 1.165) is 11.5 Å². The van der Waals surface area contributed by atoms with Gasteiger partial charge in [-0.3, -0.25) is 0 Å².